The molecule has 0 fully saturated rings. The lowest BCUT2D eigenvalue weighted by atomic mass is 10.3. The molecule has 0 aliphatic heterocycles. The van der Waals surface area contributed by atoms with E-state index in [0.717, 1.165) is 0 Å². The van der Waals surface area contributed by atoms with Gasteiger partial charge in [0, 0.05) is 7.05 Å². The molecule has 0 saturated heterocycles. The van der Waals surface area contributed by atoms with Gasteiger partial charge in [-0.1, -0.05) is 18.2 Å². The van der Waals surface area contributed by atoms with E-state index in [1.54, 1.807) is 26.1 Å². The zero-order valence-corrected chi connectivity index (χ0v) is 8.18. The molecule has 1 aromatic rings. The number of carbonyl (C=O) groups is 1. The van der Waals surface area contributed by atoms with Crippen LogP contribution in [0.4, 0.5) is 0 Å². The summed E-state index contributed by atoms with van der Waals surface area (Å²) in [5, 5.41) is 10.0. The molecule has 1 rings (SSSR count). The Kier molecular flexibility index (Phi) is 3.48. The summed E-state index contributed by atoms with van der Waals surface area (Å²) in [4.78, 5) is 15.9. The largest absolute Gasteiger partial charge is 0.480 e. The summed E-state index contributed by atoms with van der Waals surface area (Å²) in [5.41, 5.74) is 0. The molecule has 0 amide bonds. The molecule has 1 unspecified atom stereocenters. The Morgan fingerprint density at radius 1 is 1.43 bits per heavy atom. The number of hydroxylamine groups is 2. The third-order valence-corrected chi connectivity index (χ3v) is 1.90. The summed E-state index contributed by atoms with van der Waals surface area (Å²) in [6, 6.07) is 8.39. The fraction of sp³-hybridized carbons (Fsp3) is 0.300. The SMILES string of the molecule is CC(C(=O)O)N(C)Oc1ccccc1. The van der Waals surface area contributed by atoms with E-state index in [0.29, 0.717) is 5.75 Å². The third-order valence-electron chi connectivity index (χ3n) is 1.90. The van der Waals surface area contributed by atoms with Crippen LogP contribution in [0.25, 0.3) is 0 Å². The normalized spacial score (nSPS) is 12.5. The topological polar surface area (TPSA) is 49.8 Å². The van der Waals surface area contributed by atoms with Crippen molar-refractivity contribution in [2.45, 2.75) is 13.0 Å². The van der Waals surface area contributed by atoms with Gasteiger partial charge in [-0.15, -0.1) is 5.06 Å². The highest BCUT2D eigenvalue weighted by atomic mass is 16.7. The quantitative estimate of drug-likeness (QED) is 0.737. The zero-order valence-electron chi connectivity index (χ0n) is 8.18. The van der Waals surface area contributed by atoms with Crippen LogP contribution in [0.1, 0.15) is 6.92 Å². The van der Waals surface area contributed by atoms with Gasteiger partial charge in [0.25, 0.3) is 0 Å². The number of hydrogen-bond acceptors (Lipinski definition) is 3. The van der Waals surface area contributed by atoms with E-state index in [1.165, 1.54) is 5.06 Å². The van der Waals surface area contributed by atoms with Crippen LogP contribution in [-0.4, -0.2) is 29.2 Å². The van der Waals surface area contributed by atoms with E-state index in [9.17, 15) is 4.79 Å². The van der Waals surface area contributed by atoms with Crippen molar-refractivity contribution >= 4 is 5.97 Å². The third kappa shape index (κ3) is 2.74. The molecule has 0 heterocycles. The van der Waals surface area contributed by atoms with Crippen molar-refractivity contribution in [3.63, 3.8) is 0 Å². The summed E-state index contributed by atoms with van der Waals surface area (Å²) < 4.78 is 0. The van der Waals surface area contributed by atoms with Gasteiger partial charge < -0.3 is 9.94 Å². The number of aliphatic carboxylic acids is 1. The molecule has 0 aliphatic carbocycles. The van der Waals surface area contributed by atoms with Crippen LogP contribution in [0, 0.1) is 0 Å². The number of carboxylic acid groups (broad SMARTS) is 1. The maximum absolute atomic E-state index is 10.6. The summed E-state index contributed by atoms with van der Waals surface area (Å²) >= 11 is 0. The average Bonchev–Trinajstić information content (AvgIpc) is 2.18. The van der Waals surface area contributed by atoms with Crippen molar-refractivity contribution < 1.29 is 14.7 Å². The highest BCUT2D eigenvalue weighted by Gasteiger charge is 2.17. The maximum Gasteiger partial charge on any atom is 0.324 e. The van der Waals surface area contributed by atoms with Gasteiger partial charge in [0.05, 0.1) is 0 Å². The molecule has 0 saturated carbocycles. The second-order valence-electron chi connectivity index (χ2n) is 2.96. The van der Waals surface area contributed by atoms with Crippen LogP contribution in [0.15, 0.2) is 30.3 Å². The molecule has 76 valence electrons. The first-order valence-electron chi connectivity index (χ1n) is 4.30. The lowest BCUT2D eigenvalue weighted by molar-refractivity contribution is -0.154. The lowest BCUT2D eigenvalue weighted by Crippen LogP contribution is -2.38. The first-order chi connectivity index (χ1) is 6.61. The molecule has 1 N–H and O–H groups in total. The molecule has 0 aliphatic rings. The van der Waals surface area contributed by atoms with Gasteiger partial charge in [-0.05, 0) is 19.1 Å². The van der Waals surface area contributed by atoms with Crippen molar-refractivity contribution in [1.29, 1.82) is 0 Å². The summed E-state index contributed by atoms with van der Waals surface area (Å²) in [6.45, 7) is 1.56. The zero-order chi connectivity index (χ0) is 10.6. The van der Waals surface area contributed by atoms with Gasteiger partial charge >= 0.3 is 5.97 Å². The molecule has 4 nitrogen and oxygen atoms in total. The predicted molar refractivity (Wildman–Crippen MR) is 51.9 cm³/mol. The Balaban J connectivity index is 2.57. The van der Waals surface area contributed by atoms with Crippen molar-refractivity contribution in [3.05, 3.63) is 30.3 Å². The lowest BCUT2D eigenvalue weighted by Gasteiger charge is -2.20. The minimum absolute atomic E-state index is 0.628. The Labute approximate surface area is 82.7 Å². The molecule has 0 radical (unpaired) electrons. The van der Waals surface area contributed by atoms with Crippen LogP contribution in [0.3, 0.4) is 0 Å². The highest BCUT2D eigenvalue weighted by molar-refractivity contribution is 5.72. The number of hydrogen-bond donors (Lipinski definition) is 1. The van der Waals surface area contributed by atoms with Crippen LogP contribution in [0.2, 0.25) is 0 Å². The molecule has 0 aromatic heterocycles. The van der Waals surface area contributed by atoms with E-state index in [2.05, 4.69) is 0 Å². The van der Waals surface area contributed by atoms with E-state index in [4.69, 9.17) is 9.94 Å². The van der Waals surface area contributed by atoms with Crippen LogP contribution < -0.4 is 4.84 Å². The monoisotopic (exact) mass is 195 g/mol. The Hall–Kier alpha value is -1.55. The summed E-state index contributed by atoms with van der Waals surface area (Å²) in [5.74, 6) is -0.286. The molecule has 1 atom stereocenters. The molecule has 0 bridgehead atoms. The average molecular weight is 195 g/mol. The fourth-order valence-electron chi connectivity index (χ4n) is 0.882. The molecule has 14 heavy (non-hydrogen) atoms. The highest BCUT2D eigenvalue weighted by Crippen LogP contribution is 2.10. The molecule has 1 aromatic carbocycles. The van der Waals surface area contributed by atoms with E-state index in [-0.39, 0.29) is 0 Å². The van der Waals surface area contributed by atoms with E-state index in [1.807, 2.05) is 18.2 Å². The van der Waals surface area contributed by atoms with E-state index >= 15 is 0 Å². The second-order valence-corrected chi connectivity index (χ2v) is 2.96. The van der Waals surface area contributed by atoms with Crippen molar-refractivity contribution in [2.75, 3.05) is 7.05 Å². The number of nitrogens with zero attached hydrogens (tertiary/aromatic N) is 1. The van der Waals surface area contributed by atoms with Crippen LogP contribution in [-0.2, 0) is 4.79 Å². The van der Waals surface area contributed by atoms with Gasteiger partial charge in [-0.25, -0.2) is 0 Å². The van der Waals surface area contributed by atoms with Gasteiger partial charge in [0.1, 0.15) is 11.8 Å². The van der Waals surface area contributed by atoms with Crippen molar-refractivity contribution in [2.24, 2.45) is 0 Å². The van der Waals surface area contributed by atoms with E-state index < -0.39 is 12.0 Å². The predicted octanol–water partition coefficient (Wildman–Crippen LogP) is 1.39. The smallest absolute Gasteiger partial charge is 0.324 e. The summed E-state index contributed by atoms with van der Waals surface area (Å²) in [6.07, 6.45) is 0. The minimum Gasteiger partial charge on any atom is -0.480 e. The standard InChI is InChI=1S/C10H13NO3/c1-8(10(12)13)11(2)14-9-6-4-3-5-7-9/h3-8H,1-2H3,(H,12,13). The first-order valence-corrected chi connectivity index (χ1v) is 4.30. The van der Waals surface area contributed by atoms with Gasteiger partial charge in [-0.3, -0.25) is 4.79 Å². The number of rotatable bonds is 4. The first kappa shape index (κ1) is 10.5. The number of para-hydroxylation sites is 1. The second kappa shape index (κ2) is 4.62. The Morgan fingerprint density at radius 2 is 2.00 bits per heavy atom. The molecular weight excluding hydrogens is 182 g/mol. The fourth-order valence-corrected chi connectivity index (χ4v) is 0.882. The Bertz CT molecular complexity index is 299. The van der Waals surface area contributed by atoms with Crippen molar-refractivity contribution in [3.8, 4) is 5.75 Å². The molecular formula is C10H13NO3. The number of carboxylic acids is 1. The molecule has 0 spiro atoms. The van der Waals surface area contributed by atoms with Crippen LogP contribution >= 0.6 is 0 Å². The minimum atomic E-state index is -0.913. The van der Waals surface area contributed by atoms with Gasteiger partial charge in [0.15, 0.2) is 0 Å². The summed E-state index contributed by atoms with van der Waals surface area (Å²) in [7, 11) is 1.59. The number of benzene rings is 1. The van der Waals surface area contributed by atoms with Crippen LogP contribution in [0.5, 0.6) is 5.75 Å². The van der Waals surface area contributed by atoms with Gasteiger partial charge in [-0.2, -0.15) is 0 Å². The number of likely N-dealkylation sites (N-methyl/N-ethyl adjacent to an activating group) is 1. The maximum atomic E-state index is 10.6. The Morgan fingerprint density at radius 3 is 2.50 bits per heavy atom. The van der Waals surface area contributed by atoms with Crippen molar-refractivity contribution in [1.82, 2.24) is 5.06 Å². The van der Waals surface area contributed by atoms with Gasteiger partial charge in [0.2, 0.25) is 0 Å². The molecule has 4 heteroatoms.